The fraction of sp³-hybridized carbons (Fsp3) is 0.385. The van der Waals surface area contributed by atoms with Gasteiger partial charge in [0.2, 0.25) is 5.91 Å². The Morgan fingerprint density at radius 2 is 2.21 bits per heavy atom. The van der Waals surface area contributed by atoms with Crippen molar-refractivity contribution in [2.75, 3.05) is 13.7 Å². The second-order valence-corrected chi connectivity index (χ2v) is 4.35. The average Bonchev–Trinajstić information content (AvgIpc) is 2.66. The van der Waals surface area contributed by atoms with E-state index in [0.29, 0.717) is 17.7 Å². The molecule has 1 aromatic heterocycles. The third-order valence-electron chi connectivity index (χ3n) is 2.70. The zero-order valence-electron chi connectivity index (χ0n) is 10.9. The molecule has 2 rings (SSSR count). The molecule has 1 atom stereocenters. The number of nitrogens with zero attached hydrogens (tertiary/aromatic N) is 1. The van der Waals surface area contributed by atoms with Crippen LogP contribution in [0.25, 0.3) is 11.1 Å². The number of oxazole rings is 1. The van der Waals surface area contributed by atoms with Crippen LogP contribution in [0.5, 0.6) is 0 Å². The molecule has 102 valence electrons. The van der Waals surface area contributed by atoms with Gasteiger partial charge in [0.05, 0.1) is 12.1 Å². The number of hydrogen-bond acceptors (Lipinski definition) is 4. The van der Waals surface area contributed by atoms with Gasteiger partial charge in [0.15, 0.2) is 5.58 Å². The Kier molecular flexibility index (Phi) is 4.01. The van der Waals surface area contributed by atoms with E-state index < -0.39 is 5.76 Å². The van der Waals surface area contributed by atoms with Crippen molar-refractivity contribution in [1.82, 2.24) is 9.88 Å². The van der Waals surface area contributed by atoms with Crippen molar-refractivity contribution in [3.05, 3.63) is 34.8 Å². The van der Waals surface area contributed by atoms with Crippen LogP contribution in [0, 0.1) is 0 Å². The number of ether oxygens (including phenoxy) is 1. The number of carbonyl (C=O) groups is 1. The first kappa shape index (κ1) is 13.4. The third-order valence-corrected chi connectivity index (χ3v) is 2.70. The number of aromatic nitrogens is 1. The summed E-state index contributed by atoms with van der Waals surface area (Å²) < 4.78 is 11.3. The van der Waals surface area contributed by atoms with Crippen LogP contribution in [-0.2, 0) is 16.1 Å². The van der Waals surface area contributed by atoms with Gasteiger partial charge >= 0.3 is 5.76 Å². The molecule has 0 aliphatic carbocycles. The summed E-state index contributed by atoms with van der Waals surface area (Å²) in [5, 5.41) is 2.75. The molecule has 0 radical (unpaired) electrons. The quantitative estimate of drug-likeness (QED) is 0.864. The minimum absolute atomic E-state index is 0.0656. The Morgan fingerprint density at radius 3 is 2.95 bits per heavy atom. The Hall–Kier alpha value is -2.08. The van der Waals surface area contributed by atoms with Gasteiger partial charge in [0.25, 0.3) is 0 Å². The van der Waals surface area contributed by atoms with Crippen molar-refractivity contribution in [1.29, 1.82) is 0 Å². The molecule has 0 aliphatic heterocycles. The maximum absolute atomic E-state index is 11.8. The Bertz CT molecular complexity index is 629. The SMILES string of the molecule is COC[C@H](C)NC(=O)Cn1c(=O)oc2ccccc21. The summed E-state index contributed by atoms with van der Waals surface area (Å²) in [6.45, 7) is 2.19. The molecule has 6 nitrogen and oxygen atoms in total. The average molecular weight is 264 g/mol. The van der Waals surface area contributed by atoms with Gasteiger partial charge in [0, 0.05) is 13.2 Å². The van der Waals surface area contributed by atoms with Crippen LogP contribution in [0.4, 0.5) is 0 Å². The summed E-state index contributed by atoms with van der Waals surface area (Å²) in [5.41, 5.74) is 1.09. The fourth-order valence-electron chi connectivity index (χ4n) is 1.92. The smallest absolute Gasteiger partial charge is 0.408 e. The molecule has 1 heterocycles. The predicted octanol–water partition coefficient (Wildman–Crippen LogP) is 0.746. The van der Waals surface area contributed by atoms with Crippen molar-refractivity contribution in [2.24, 2.45) is 0 Å². The molecule has 1 aromatic carbocycles. The third kappa shape index (κ3) is 3.03. The number of rotatable bonds is 5. The number of fused-ring (bicyclic) bond motifs is 1. The molecule has 0 spiro atoms. The normalized spacial score (nSPS) is 12.5. The Labute approximate surface area is 110 Å². The molecule has 0 aliphatic rings. The molecule has 2 aromatic rings. The number of benzene rings is 1. The maximum atomic E-state index is 11.8. The van der Waals surface area contributed by atoms with Gasteiger partial charge in [-0.3, -0.25) is 9.36 Å². The van der Waals surface area contributed by atoms with Gasteiger partial charge in [-0.2, -0.15) is 0 Å². The Balaban J connectivity index is 2.15. The zero-order valence-corrected chi connectivity index (χ0v) is 10.9. The van der Waals surface area contributed by atoms with Crippen molar-refractivity contribution < 1.29 is 13.9 Å². The zero-order chi connectivity index (χ0) is 13.8. The summed E-state index contributed by atoms with van der Waals surface area (Å²) in [6, 6.07) is 6.90. The minimum Gasteiger partial charge on any atom is -0.408 e. The van der Waals surface area contributed by atoms with Gasteiger partial charge in [-0.25, -0.2) is 4.79 Å². The monoisotopic (exact) mass is 264 g/mol. The van der Waals surface area contributed by atoms with Gasteiger partial charge in [-0.1, -0.05) is 12.1 Å². The molecule has 1 N–H and O–H groups in total. The van der Waals surface area contributed by atoms with Crippen LogP contribution in [0.15, 0.2) is 33.5 Å². The van der Waals surface area contributed by atoms with Gasteiger partial charge < -0.3 is 14.5 Å². The summed E-state index contributed by atoms with van der Waals surface area (Å²) in [5.74, 6) is -0.783. The van der Waals surface area contributed by atoms with E-state index in [4.69, 9.17) is 9.15 Å². The van der Waals surface area contributed by atoms with Crippen molar-refractivity contribution >= 4 is 17.0 Å². The van der Waals surface area contributed by atoms with Crippen LogP contribution in [0.3, 0.4) is 0 Å². The second-order valence-electron chi connectivity index (χ2n) is 4.35. The lowest BCUT2D eigenvalue weighted by Gasteiger charge is -2.12. The van der Waals surface area contributed by atoms with E-state index in [1.807, 2.05) is 6.92 Å². The molecule has 0 saturated carbocycles. The number of methoxy groups -OCH3 is 1. The lowest BCUT2D eigenvalue weighted by molar-refractivity contribution is -0.122. The predicted molar refractivity (Wildman–Crippen MR) is 70.0 cm³/mol. The standard InChI is InChI=1S/C13H16N2O4/c1-9(8-18-2)14-12(16)7-15-10-5-3-4-6-11(10)19-13(15)17/h3-6,9H,7-8H2,1-2H3,(H,14,16)/t9-/m0/s1. The largest absolute Gasteiger partial charge is 0.420 e. The van der Waals surface area contributed by atoms with Crippen LogP contribution in [-0.4, -0.2) is 30.2 Å². The van der Waals surface area contributed by atoms with Crippen LogP contribution in [0.1, 0.15) is 6.92 Å². The molecular formula is C13H16N2O4. The lowest BCUT2D eigenvalue weighted by Crippen LogP contribution is -2.38. The summed E-state index contributed by atoms with van der Waals surface area (Å²) >= 11 is 0. The number of amides is 1. The molecule has 0 bridgehead atoms. The van der Waals surface area contributed by atoms with E-state index in [1.54, 1.807) is 31.4 Å². The first-order valence-electron chi connectivity index (χ1n) is 5.98. The topological polar surface area (TPSA) is 73.5 Å². The van der Waals surface area contributed by atoms with Crippen LogP contribution >= 0.6 is 0 Å². The number of para-hydroxylation sites is 2. The van der Waals surface area contributed by atoms with E-state index in [-0.39, 0.29) is 18.5 Å². The van der Waals surface area contributed by atoms with E-state index in [9.17, 15) is 9.59 Å². The van der Waals surface area contributed by atoms with Crippen molar-refractivity contribution in [2.45, 2.75) is 19.5 Å². The van der Waals surface area contributed by atoms with Gasteiger partial charge in [0.1, 0.15) is 6.54 Å². The van der Waals surface area contributed by atoms with Crippen molar-refractivity contribution in [3.8, 4) is 0 Å². The summed E-state index contributed by atoms with van der Waals surface area (Å²) in [6.07, 6.45) is 0. The molecule has 0 fully saturated rings. The first-order valence-corrected chi connectivity index (χ1v) is 5.98. The number of nitrogens with one attached hydrogen (secondary N) is 1. The van der Waals surface area contributed by atoms with Crippen LogP contribution < -0.4 is 11.1 Å². The first-order chi connectivity index (χ1) is 9.11. The maximum Gasteiger partial charge on any atom is 0.420 e. The van der Waals surface area contributed by atoms with E-state index in [1.165, 1.54) is 4.57 Å². The fourth-order valence-corrected chi connectivity index (χ4v) is 1.92. The minimum atomic E-state index is -0.532. The van der Waals surface area contributed by atoms with E-state index in [2.05, 4.69) is 5.32 Å². The second kappa shape index (κ2) is 5.71. The molecule has 0 saturated heterocycles. The van der Waals surface area contributed by atoms with Crippen LogP contribution in [0.2, 0.25) is 0 Å². The number of hydrogen-bond donors (Lipinski definition) is 1. The molecule has 0 unspecified atom stereocenters. The summed E-state index contributed by atoms with van der Waals surface area (Å²) in [4.78, 5) is 23.5. The van der Waals surface area contributed by atoms with Gasteiger partial charge in [-0.15, -0.1) is 0 Å². The molecular weight excluding hydrogens is 248 g/mol. The van der Waals surface area contributed by atoms with E-state index in [0.717, 1.165) is 0 Å². The summed E-state index contributed by atoms with van der Waals surface area (Å²) in [7, 11) is 1.57. The molecule has 6 heteroatoms. The highest BCUT2D eigenvalue weighted by atomic mass is 16.5. The number of carbonyl (C=O) groups excluding carboxylic acids is 1. The molecule has 1 amide bonds. The highest BCUT2D eigenvalue weighted by Gasteiger charge is 2.13. The lowest BCUT2D eigenvalue weighted by atomic mass is 10.3. The van der Waals surface area contributed by atoms with Gasteiger partial charge in [-0.05, 0) is 19.1 Å². The van der Waals surface area contributed by atoms with E-state index >= 15 is 0 Å². The van der Waals surface area contributed by atoms with Crippen molar-refractivity contribution in [3.63, 3.8) is 0 Å². The highest BCUT2D eigenvalue weighted by molar-refractivity contribution is 5.79. The highest BCUT2D eigenvalue weighted by Crippen LogP contribution is 2.11. The Morgan fingerprint density at radius 1 is 1.47 bits per heavy atom. The molecule has 19 heavy (non-hydrogen) atoms.